The lowest BCUT2D eigenvalue weighted by molar-refractivity contribution is -0.139. The number of amides is 2. The molecule has 2 amide bonds. The summed E-state index contributed by atoms with van der Waals surface area (Å²) < 4.78 is 28.0. The van der Waals surface area contributed by atoms with Crippen molar-refractivity contribution in [1.29, 1.82) is 0 Å². The SMILES string of the molecule is CCC(C)NC(=O)C(C)N(Cc1ccccc1F)C(=O)CSCc1ccccc1F. The Morgan fingerprint density at radius 2 is 1.57 bits per heavy atom. The van der Waals surface area contributed by atoms with E-state index in [0.717, 1.165) is 6.42 Å². The molecule has 0 aromatic heterocycles. The summed E-state index contributed by atoms with van der Waals surface area (Å²) in [7, 11) is 0. The van der Waals surface area contributed by atoms with Crippen LogP contribution >= 0.6 is 11.8 Å². The second-order valence-electron chi connectivity index (χ2n) is 7.19. The molecule has 2 aromatic carbocycles. The highest BCUT2D eigenvalue weighted by Gasteiger charge is 2.27. The van der Waals surface area contributed by atoms with E-state index in [4.69, 9.17) is 0 Å². The summed E-state index contributed by atoms with van der Waals surface area (Å²) in [5, 5.41) is 2.87. The zero-order valence-electron chi connectivity index (χ0n) is 17.5. The third-order valence-corrected chi connectivity index (χ3v) is 5.87. The van der Waals surface area contributed by atoms with Crippen molar-refractivity contribution in [3.8, 4) is 0 Å². The number of hydrogen-bond acceptors (Lipinski definition) is 3. The summed E-state index contributed by atoms with van der Waals surface area (Å²) in [4.78, 5) is 26.9. The number of carbonyl (C=O) groups is 2. The van der Waals surface area contributed by atoms with Crippen LogP contribution in [0.15, 0.2) is 48.5 Å². The minimum atomic E-state index is -0.764. The average Bonchev–Trinajstić information content (AvgIpc) is 2.73. The van der Waals surface area contributed by atoms with Crippen LogP contribution < -0.4 is 5.32 Å². The minimum absolute atomic E-state index is 0.0130. The standard InChI is InChI=1S/C23H28F2N2O2S/c1-4-16(2)26-23(29)17(3)27(13-18-9-5-7-11-20(18)24)22(28)15-30-14-19-10-6-8-12-21(19)25/h5-12,16-17H,4,13-15H2,1-3H3,(H,26,29). The number of rotatable bonds is 10. The fraction of sp³-hybridized carbons (Fsp3) is 0.391. The second kappa shape index (κ2) is 11.7. The molecule has 0 spiro atoms. The van der Waals surface area contributed by atoms with Gasteiger partial charge in [0.05, 0.1) is 5.75 Å². The lowest BCUT2D eigenvalue weighted by Crippen LogP contribution is -2.50. The van der Waals surface area contributed by atoms with Crippen LogP contribution in [0.1, 0.15) is 38.3 Å². The highest BCUT2D eigenvalue weighted by molar-refractivity contribution is 7.99. The fourth-order valence-corrected chi connectivity index (χ4v) is 3.70. The minimum Gasteiger partial charge on any atom is -0.352 e. The molecule has 0 saturated carbocycles. The second-order valence-corrected chi connectivity index (χ2v) is 8.18. The van der Waals surface area contributed by atoms with Crippen molar-refractivity contribution < 1.29 is 18.4 Å². The van der Waals surface area contributed by atoms with Crippen LogP contribution in [0.25, 0.3) is 0 Å². The number of halogens is 2. The molecule has 2 atom stereocenters. The van der Waals surface area contributed by atoms with Gasteiger partial charge in [-0.25, -0.2) is 8.78 Å². The predicted molar refractivity (Wildman–Crippen MR) is 117 cm³/mol. The maximum atomic E-state index is 14.2. The Labute approximate surface area is 181 Å². The van der Waals surface area contributed by atoms with Crippen LogP contribution in [0.2, 0.25) is 0 Å². The van der Waals surface area contributed by atoms with Crippen molar-refractivity contribution in [1.82, 2.24) is 10.2 Å². The molecule has 1 N–H and O–H groups in total. The van der Waals surface area contributed by atoms with Crippen molar-refractivity contribution in [2.45, 2.75) is 51.6 Å². The Bertz CT molecular complexity index is 863. The number of nitrogens with zero attached hydrogens (tertiary/aromatic N) is 1. The summed E-state index contributed by atoms with van der Waals surface area (Å²) in [6, 6.07) is 11.8. The fourth-order valence-electron chi connectivity index (χ4n) is 2.80. The highest BCUT2D eigenvalue weighted by Crippen LogP contribution is 2.18. The Hall–Kier alpha value is -2.41. The molecule has 2 aromatic rings. The van der Waals surface area contributed by atoms with Gasteiger partial charge in [0.15, 0.2) is 0 Å². The van der Waals surface area contributed by atoms with E-state index in [1.54, 1.807) is 43.3 Å². The zero-order valence-corrected chi connectivity index (χ0v) is 18.3. The van der Waals surface area contributed by atoms with Gasteiger partial charge in [-0.2, -0.15) is 0 Å². The third kappa shape index (κ3) is 6.83. The smallest absolute Gasteiger partial charge is 0.242 e. The Morgan fingerprint density at radius 1 is 1.00 bits per heavy atom. The number of nitrogens with one attached hydrogen (secondary N) is 1. The van der Waals surface area contributed by atoms with Crippen LogP contribution in [0.5, 0.6) is 0 Å². The van der Waals surface area contributed by atoms with Gasteiger partial charge in [-0.15, -0.1) is 11.8 Å². The van der Waals surface area contributed by atoms with Gasteiger partial charge in [0.2, 0.25) is 11.8 Å². The van der Waals surface area contributed by atoms with Crippen molar-refractivity contribution in [2.75, 3.05) is 5.75 Å². The van der Waals surface area contributed by atoms with Gasteiger partial charge in [-0.05, 0) is 38.0 Å². The van der Waals surface area contributed by atoms with Crippen LogP contribution in [-0.2, 0) is 21.9 Å². The molecule has 0 aliphatic carbocycles. The first-order valence-electron chi connectivity index (χ1n) is 9.97. The Kier molecular flexibility index (Phi) is 9.30. The molecule has 0 saturated heterocycles. The largest absolute Gasteiger partial charge is 0.352 e. The molecule has 4 nitrogen and oxygen atoms in total. The van der Waals surface area contributed by atoms with Crippen molar-refractivity contribution in [3.05, 3.63) is 71.3 Å². The molecule has 2 rings (SSSR count). The molecule has 30 heavy (non-hydrogen) atoms. The van der Waals surface area contributed by atoms with Crippen LogP contribution in [0.4, 0.5) is 8.78 Å². The molecule has 162 valence electrons. The highest BCUT2D eigenvalue weighted by atomic mass is 32.2. The molecule has 7 heteroatoms. The molecule has 0 bridgehead atoms. The van der Waals surface area contributed by atoms with Crippen molar-refractivity contribution in [2.24, 2.45) is 0 Å². The van der Waals surface area contributed by atoms with Crippen LogP contribution in [-0.4, -0.2) is 34.6 Å². The summed E-state index contributed by atoms with van der Waals surface area (Å²) in [6.45, 7) is 5.47. The quantitative estimate of drug-likeness (QED) is 0.598. The molecular formula is C23H28F2N2O2S. The summed E-state index contributed by atoms with van der Waals surface area (Å²) in [5.74, 6) is -0.936. The number of benzene rings is 2. The molecule has 0 aliphatic heterocycles. The van der Waals surface area contributed by atoms with E-state index in [1.807, 2.05) is 13.8 Å². The molecule has 0 heterocycles. The van der Waals surface area contributed by atoms with Gasteiger partial charge >= 0.3 is 0 Å². The monoisotopic (exact) mass is 434 g/mol. The van der Waals surface area contributed by atoms with E-state index in [-0.39, 0.29) is 36.0 Å². The topological polar surface area (TPSA) is 49.4 Å². The van der Waals surface area contributed by atoms with Gasteiger partial charge in [0, 0.05) is 23.9 Å². The zero-order chi connectivity index (χ0) is 22.1. The van der Waals surface area contributed by atoms with Crippen LogP contribution in [0.3, 0.4) is 0 Å². The van der Waals surface area contributed by atoms with E-state index in [1.165, 1.54) is 28.8 Å². The third-order valence-electron chi connectivity index (χ3n) is 4.91. The molecule has 0 fully saturated rings. The van der Waals surface area contributed by atoms with Gasteiger partial charge in [-0.1, -0.05) is 43.3 Å². The average molecular weight is 435 g/mol. The Balaban J connectivity index is 2.10. The van der Waals surface area contributed by atoms with Crippen molar-refractivity contribution in [3.63, 3.8) is 0 Å². The van der Waals surface area contributed by atoms with E-state index >= 15 is 0 Å². The lowest BCUT2D eigenvalue weighted by atomic mass is 10.1. The summed E-state index contributed by atoms with van der Waals surface area (Å²) in [5.41, 5.74) is 0.853. The van der Waals surface area contributed by atoms with E-state index in [0.29, 0.717) is 16.9 Å². The first-order valence-corrected chi connectivity index (χ1v) is 11.1. The molecule has 0 radical (unpaired) electrons. The first-order chi connectivity index (χ1) is 14.3. The molecule has 0 aliphatic rings. The van der Waals surface area contributed by atoms with Crippen LogP contribution in [0, 0.1) is 11.6 Å². The normalized spacial score (nSPS) is 12.8. The van der Waals surface area contributed by atoms with E-state index in [9.17, 15) is 18.4 Å². The number of thioether (sulfide) groups is 1. The lowest BCUT2D eigenvalue weighted by Gasteiger charge is -2.29. The Morgan fingerprint density at radius 3 is 2.13 bits per heavy atom. The van der Waals surface area contributed by atoms with Gasteiger partial charge < -0.3 is 10.2 Å². The summed E-state index contributed by atoms with van der Waals surface area (Å²) in [6.07, 6.45) is 0.762. The first kappa shape index (κ1) is 23.9. The van der Waals surface area contributed by atoms with Gasteiger partial charge in [0.25, 0.3) is 0 Å². The van der Waals surface area contributed by atoms with E-state index in [2.05, 4.69) is 5.32 Å². The number of carbonyl (C=O) groups excluding carboxylic acids is 2. The maximum absolute atomic E-state index is 14.2. The maximum Gasteiger partial charge on any atom is 0.242 e. The predicted octanol–water partition coefficient (Wildman–Crippen LogP) is 4.53. The summed E-state index contributed by atoms with van der Waals surface area (Å²) >= 11 is 1.26. The molecule has 2 unspecified atom stereocenters. The van der Waals surface area contributed by atoms with Gasteiger partial charge in [-0.3, -0.25) is 9.59 Å². The van der Waals surface area contributed by atoms with Crippen molar-refractivity contribution >= 4 is 23.6 Å². The number of hydrogen-bond donors (Lipinski definition) is 1. The van der Waals surface area contributed by atoms with Gasteiger partial charge in [0.1, 0.15) is 17.7 Å². The molecular weight excluding hydrogens is 406 g/mol. The van der Waals surface area contributed by atoms with E-state index < -0.39 is 11.9 Å².